The predicted octanol–water partition coefficient (Wildman–Crippen LogP) is 3.53. The maximum absolute atomic E-state index is 12.3. The summed E-state index contributed by atoms with van der Waals surface area (Å²) in [5, 5.41) is 0.241. The van der Waals surface area contributed by atoms with E-state index in [1.165, 1.54) is 11.6 Å². The number of rotatable bonds is 6. The minimum absolute atomic E-state index is 0.0177. The maximum Gasteiger partial charge on any atom is 0.242 e. The van der Waals surface area contributed by atoms with Crippen LogP contribution in [0, 0.1) is 0 Å². The van der Waals surface area contributed by atoms with Gasteiger partial charge in [-0.3, -0.25) is 0 Å². The molecule has 0 unspecified atom stereocenters. The highest BCUT2D eigenvalue weighted by molar-refractivity contribution is 7.89. The summed E-state index contributed by atoms with van der Waals surface area (Å²) in [5.74, 6) is 0. The Kier molecular flexibility index (Phi) is 6.06. The highest BCUT2D eigenvalue weighted by atomic mass is 35.5. The molecule has 2 aromatic carbocycles. The second-order valence-corrected chi connectivity index (χ2v) is 7.95. The van der Waals surface area contributed by atoms with E-state index in [2.05, 4.69) is 9.62 Å². The predicted molar refractivity (Wildman–Crippen MR) is 94.3 cm³/mol. The largest absolute Gasteiger partial charge is 0.305 e. The van der Waals surface area contributed by atoms with Crippen molar-refractivity contribution < 1.29 is 8.42 Å². The zero-order valence-electron chi connectivity index (χ0n) is 12.9. The molecule has 0 aliphatic carbocycles. The van der Waals surface area contributed by atoms with E-state index in [-0.39, 0.29) is 21.5 Å². The molecule has 0 heterocycles. The van der Waals surface area contributed by atoms with Gasteiger partial charge in [-0.25, -0.2) is 13.1 Å². The Morgan fingerprint density at radius 2 is 1.61 bits per heavy atom. The highest BCUT2D eigenvalue weighted by Crippen LogP contribution is 2.28. The van der Waals surface area contributed by atoms with Crippen LogP contribution in [0.3, 0.4) is 0 Å². The van der Waals surface area contributed by atoms with Gasteiger partial charge >= 0.3 is 0 Å². The molecule has 0 aliphatic heterocycles. The molecule has 0 aliphatic rings. The lowest BCUT2D eigenvalue weighted by Gasteiger charge is -2.11. The van der Waals surface area contributed by atoms with Gasteiger partial charge in [0.1, 0.15) is 4.90 Å². The third kappa shape index (κ3) is 4.93. The topological polar surface area (TPSA) is 49.4 Å². The van der Waals surface area contributed by atoms with Gasteiger partial charge in [-0.1, -0.05) is 53.5 Å². The average molecular weight is 373 g/mol. The summed E-state index contributed by atoms with van der Waals surface area (Å²) < 4.78 is 27.2. The van der Waals surface area contributed by atoms with E-state index in [9.17, 15) is 8.42 Å². The minimum Gasteiger partial charge on any atom is -0.305 e. The number of hydrogen-bond donors (Lipinski definition) is 1. The Labute approximate surface area is 147 Å². The Morgan fingerprint density at radius 3 is 2.22 bits per heavy atom. The lowest BCUT2D eigenvalue weighted by molar-refractivity contribution is 0.402. The molecule has 0 bridgehead atoms. The van der Waals surface area contributed by atoms with Crippen molar-refractivity contribution in [1.29, 1.82) is 0 Å². The number of nitrogens with zero attached hydrogens (tertiary/aromatic N) is 1. The molecule has 4 nitrogen and oxygen atoms in total. The smallest absolute Gasteiger partial charge is 0.242 e. The van der Waals surface area contributed by atoms with Gasteiger partial charge in [-0.05, 0) is 37.4 Å². The van der Waals surface area contributed by atoms with Crippen molar-refractivity contribution in [2.75, 3.05) is 14.1 Å². The van der Waals surface area contributed by atoms with E-state index >= 15 is 0 Å². The first-order chi connectivity index (χ1) is 10.8. The fraction of sp³-hybridized carbons (Fsp3) is 0.250. The summed E-state index contributed by atoms with van der Waals surface area (Å²) in [7, 11) is 0.278. The van der Waals surface area contributed by atoms with Crippen LogP contribution in [0.15, 0.2) is 47.4 Å². The molecule has 0 spiro atoms. The van der Waals surface area contributed by atoms with Crippen LogP contribution in [0.2, 0.25) is 10.0 Å². The van der Waals surface area contributed by atoms with Crippen LogP contribution >= 0.6 is 23.2 Å². The zero-order chi connectivity index (χ0) is 17.0. The zero-order valence-corrected chi connectivity index (χ0v) is 15.2. The summed E-state index contributed by atoms with van der Waals surface area (Å²) >= 11 is 11.8. The molecular formula is C16H18Cl2N2O2S. The van der Waals surface area contributed by atoms with Crippen molar-refractivity contribution in [1.82, 2.24) is 9.62 Å². The van der Waals surface area contributed by atoms with Crippen LogP contribution in [-0.2, 0) is 23.1 Å². The summed E-state index contributed by atoms with van der Waals surface area (Å²) in [6.45, 7) is 1.03. The first-order valence-electron chi connectivity index (χ1n) is 6.96. The molecule has 0 fully saturated rings. The minimum atomic E-state index is -3.72. The first-order valence-corrected chi connectivity index (χ1v) is 9.20. The maximum atomic E-state index is 12.3. The number of halogens is 2. The Morgan fingerprint density at radius 1 is 1.00 bits per heavy atom. The monoisotopic (exact) mass is 372 g/mol. The number of nitrogens with one attached hydrogen (secondary N) is 1. The molecule has 23 heavy (non-hydrogen) atoms. The molecule has 2 rings (SSSR count). The molecule has 2 aromatic rings. The van der Waals surface area contributed by atoms with Crippen LogP contribution in [-0.4, -0.2) is 27.4 Å². The molecule has 124 valence electrons. The van der Waals surface area contributed by atoms with Crippen molar-refractivity contribution in [2.24, 2.45) is 0 Å². The summed E-state index contributed by atoms with van der Waals surface area (Å²) in [6.07, 6.45) is 0. The van der Waals surface area contributed by atoms with Crippen LogP contribution < -0.4 is 4.72 Å². The third-order valence-corrected chi connectivity index (χ3v) is 5.57. The van der Waals surface area contributed by atoms with E-state index in [1.807, 2.05) is 38.4 Å². The van der Waals surface area contributed by atoms with E-state index in [1.54, 1.807) is 12.1 Å². The highest BCUT2D eigenvalue weighted by Gasteiger charge is 2.19. The van der Waals surface area contributed by atoms with Crippen molar-refractivity contribution in [2.45, 2.75) is 18.0 Å². The van der Waals surface area contributed by atoms with Crippen molar-refractivity contribution in [3.8, 4) is 0 Å². The Bertz CT molecular complexity index is 775. The van der Waals surface area contributed by atoms with Gasteiger partial charge in [0, 0.05) is 13.1 Å². The third-order valence-electron chi connectivity index (χ3n) is 3.19. The van der Waals surface area contributed by atoms with Crippen LogP contribution in [0.5, 0.6) is 0 Å². The Hall–Kier alpha value is -1.11. The first kappa shape index (κ1) is 18.2. The number of sulfonamides is 1. The molecule has 0 aromatic heterocycles. The molecule has 7 heteroatoms. The van der Waals surface area contributed by atoms with Gasteiger partial charge in [0.15, 0.2) is 0 Å². The molecule has 0 amide bonds. The van der Waals surface area contributed by atoms with Crippen molar-refractivity contribution in [3.05, 3.63) is 63.6 Å². The number of benzene rings is 2. The van der Waals surface area contributed by atoms with Gasteiger partial charge in [-0.15, -0.1) is 0 Å². The summed E-state index contributed by atoms with van der Waals surface area (Å²) in [5.41, 5.74) is 2.04. The second-order valence-electron chi connectivity index (χ2n) is 5.43. The van der Waals surface area contributed by atoms with Gasteiger partial charge in [-0.2, -0.15) is 0 Å². The van der Waals surface area contributed by atoms with Gasteiger partial charge in [0.2, 0.25) is 10.0 Å². The van der Waals surface area contributed by atoms with E-state index in [4.69, 9.17) is 23.2 Å². The van der Waals surface area contributed by atoms with Gasteiger partial charge in [0.05, 0.1) is 10.0 Å². The van der Waals surface area contributed by atoms with E-state index in [0.717, 1.165) is 12.1 Å². The normalized spacial score (nSPS) is 11.9. The molecule has 1 N–H and O–H groups in total. The molecule has 0 atom stereocenters. The molecule has 0 radical (unpaired) electrons. The van der Waals surface area contributed by atoms with E-state index in [0.29, 0.717) is 0 Å². The van der Waals surface area contributed by atoms with Gasteiger partial charge < -0.3 is 4.90 Å². The van der Waals surface area contributed by atoms with Crippen LogP contribution in [0.25, 0.3) is 0 Å². The average Bonchev–Trinajstić information content (AvgIpc) is 2.49. The lowest BCUT2D eigenvalue weighted by Crippen LogP contribution is -2.23. The number of hydrogen-bond acceptors (Lipinski definition) is 3. The van der Waals surface area contributed by atoms with Gasteiger partial charge in [0.25, 0.3) is 0 Å². The molecular weight excluding hydrogens is 355 g/mol. The van der Waals surface area contributed by atoms with Crippen molar-refractivity contribution >= 4 is 33.2 Å². The molecule has 0 saturated carbocycles. The van der Waals surface area contributed by atoms with Crippen LogP contribution in [0.1, 0.15) is 11.1 Å². The van der Waals surface area contributed by atoms with E-state index < -0.39 is 10.0 Å². The summed E-state index contributed by atoms with van der Waals surface area (Å²) in [4.78, 5) is 2.05. The Balaban J connectivity index is 2.09. The lowest BCUT2D eigenvalue weighted by atomic mass is 10.1. The fourth-order valence-corrected chi connectivity index (χ4v) is 3.85. The van der Waals surface area contributed by atoms with Crippen molar-refractivity contribution in [3.63, 3.8) is 0 Å². The molecule has 0 saturated heterocycles. The summed E-state index contributed by atoms with van der Waals surface area (Å²) in [6, 6.07) is 12.3. The fourth-order valence-electron chi connectivity index (χ4n) is 2.08. The SMILES string of the molecule is CN(C)Cc1ccc(CNS(=O)(=O)c2cccc(Cl)c2Cl)cc1. The van der Waals surface area contributed by atoms with Crippen LogP contribution in [0.4, 0.5) is 0 Å². The standard InChI is InChI=1S/C16H18Cl2N2O2S/c1-20(2)11-13-8-6-12(7-9-13)10-19-23(21,22)15-5-3-4-14(17)16(15)18/h3-9,19H,10-11H2,1-2H3. The quantitative estimate of drug-likeness (QED) is 0.843. The second kappa shape index (κ2) is 7.64.